The van der Waals surface area contributed by atoms with Crippen molar-refractivity contribution in [1.82, 2.24) is 0 Å². The summed E-state index contributed by atoms with van der Waals surface area (Å²) in [5.41, 5.74) is 2.84. The molecule has 24 heavy (non-hydrogen) atoms. The molecule has 0 amide bonds. The van der Waals surface area contributed by atoms with Crippen molar-refractivity contribution >= 4 is 28.9 Å². The van der Waals surface area contributed by atoms with Crippen molar-refractivity contribution in [2.24, 2.45) is 0 Å². The molecule has 0 spiro atoms. The number of aliphatic carboxylic acids is 1. The van der Waals surface area contributed by atoms with Gasteiger partial charge in [0.05, 0.1) is 4.99 Å². The van der Waals surface area contributed by atoms with E-state index in [2.05, 4.69) is 0 Å². The molecular formula is C20H23NO2S. The van der Waals surface area contributed by atoms with Crippen molar-refractivity contribution in [1.29, 1.82) is 0 Å². The Labute approximate surface area is 148 Å². The first-order chi connectivity index (χ1) is 11.2. The molecule has 0 radical (unpaired) electrons. The summed E-state index contributed by atoms with van der Waals surface area (Å²) in [6.07, 6.45) is 0.528. The average molecular weight is 341 g/mol. The van der Waals surface area contributed by atoms with Crippen molar-refractivity contribution in [2.75, 3.05) is 4.90 Å². The number of carbonyl (C=O) groups is 1. The third-order valence-corrected chi connectivity index (χ3v) is 4.52. The van der Waals surface area contributed by atoms with Gasteiger partial charge in [0, 0.05) is 12.1 Å². The fourth-order valence-electron chi connectivity index (χ4n) is 2.82. The number of carboxylic acids is 1. The second-order valence-corrected chi connectivity index (χ2v) is 6.97. The van der Waals surface area contributed by atoms with Crippen molar-refractivity contribution in [3.63, 3.8) is 0 Å². The van der Waals surface area contributed by atoms with Crippen LogP contribution in [0.2, 0.25) is 0 Å². The molecule has 0 saturated heterocycles. The maximum Gasteiger partial charge on any atom is 0.329 e. The molecule has 4 heteroatoms. The number of hydrogen-bond acceptors (Lipinski definition) is 2. The second kappa shape index (κ2) is 7.14. The van der Waals surface area contributed by atoms with Crippen LogP contribution < -0.4 is 4.90 Å². The van der Waals surface area contributed by atoms with E-state index in [1.54, 1.807) is 18.7 Å². The van der Waals surface area contributed by atoms with E-state index in [-0.39, 0.29) is 0 Å². The first kappa shape index (κ1) is 18.1. The lowest BCUT2D eigenvalue weighted by atomic mass is 9.97. The van der Waals surface area contributed by atoms with Crippen LogP contribution in [0.5, 0.6) is 0 Å². The summed E-state index contributed by atoms with van der Waals surface area (Å²) in [4.78, 5) is 14.3. The number of carboxylic acid groups (broad SMARTS) is 1. The zero-order chi connectivity index (χ0) is 17.9. The van der Waals surface area contributed by atoms with E-state index in [9.17, 15) is 9.90 Å². The highest BCUT2D eigenvalue weighted by Crippen LogP contribution is 2.32. The van der Waals surface area contributed by atoms with Crippen molar-refractivity contribution < 1.29 is 9.90 Å². The SMILES string of the molecule is Cc1cccc(C)c1N(C(=S)Cc1ccccc1)C(C)(C)C(=O)O. The average Bonchev–Trinajstić information content (AvgIpc) is 2.51. The minimum absolute atomic E-state index is 0.528. The van der Waals surface area contributed by atoms with Gasteiger partial charge in [-0.05, 0) is 44.4 Å². The monoisotopic (exact) mass is 341 g/mol. The van der Waals surface area contributed by atoms with E-state index >= 15 is 0 Å². The Hall–Kier alpha value is -2.20. The molecule has 0 aliphatic carbocycles. The molecule has 2 aromatic carbocycles. The molecule has 2 rings (SSSR count). The van der Waals surface area contributed by atoms with E-state index in [1.807, 2.05) is 62.4 Å². The molecule has 0 heterocycles. The molecule has 126 valence electrons. The van der Waals surface area contributed by atoms with Gasteiger partial charge in [-0.1, -0.05) is 60.7 Å². The van der Waals surface area contributed by atoms with Gasteiger partial charge in [0.25, 0.3) is 0 Å². The van der Waals surface area contributed by atoms with Crippen LogP contribution in [0.15, 0.2) is 48.5 Å². The number of benzene rings is 2. The molecule has 0 bridgehead atoms. The van der Waals surface area contributed by atoms with E-state index in [0.717, 1.165) is 22.4 Å². The highest BCUT2D eigenvalue weighted by molar-refractivity contribution is 7.80. The van der Waals surface area contributed by atoms with Gasteiger partial charge >= 0.3 is 5.97 Å². The Morgan fingerprint density at radius 1 is 1.04 bits per heavy atom. The predicted molar refractivity (Wildman–Crippen MR) is 103 cm³/mol. The Bertz CT molecular complexity index is 733. The van der Waals surface area contributed by atoms with Gasteiger partial charge in [-0.15, -0.1) is 0 Å². The number of para-hydroxylation sites is 1. The molecule has 0 aromatic heterocycles. The van der Waals surface area contributed by atoms with Gasteiger partial charge in [0.2, 0.25) is 0 Å². The Morgan fingerprint density at radius 3 is 2.08 bits per heavy atom. The van der Waals surface area contributed by atoms with Crippen LogP contribution in [0.25, 0.3) is 0 Å². The summed E-state index contributed by atoms with van der Waals surface area (Å²) in [5.74, 6) is -0.902. The fourth-order valence-corrected chi connectivity index (χ4v) is 3.31. The maximum atomic E-state index is 11.9. The minimum Gasteiger partial charge on any atom is -0.480 e. The van der Waals surface area contributed by atoms with Crippen molar-refractivity contribution in [3.8, 4) is 0 Å². The van der Waals surface area contributed by atoms with Crippen LogP contribution in [-0.4, -0.2) is 21.6 Å². The van der Waals surface area contributed by atoms with Crippen LogP contribution in [0, 0.1) is 13.8 Å². The van der Waals surface area contributed by atoms with Gasteiger partial charge in [-0.2, -0.15) is 0 Å². The molecule has 1 N–H and O–H groups in total. The summed E-state index contributed by atoms with van der Waals surface area (Å²) in [6.45, 7) is 7.35. The van der Waals surface area contributed by atoms with Gasteiger partial charge in [0.15, 0.2) is 0 Å². The Morgan fingerprint density at radius 2 is 1.58 bits per heavy atom. The van der Waals surface area contributed by atoms with E-state index in [1.165, 1.54) is 0 Å². The molecule has 2 aromatic rings. The summed E-state index contributed by atoms with van der Waals surface area (Å²) in [5, 5.41) is 9.77. The lowest BCUT2D eigenvalue weighted by Crippen LogP contribution is -2.54. The smallest absolute Gasteiger partial charge is 0.329 e. The van der Waals surface area contributed by atoms with Crippen LogP contribution >= 0.6 is 12.2 Å². The summed E-state index contributed by atoms with van der Waals surface area (Å²) >= 11 is 5.69. The minimum atomic E-state index is -1.14. The number of hydrogen-bond donors (Lipinski definition) is 1. The summed E-state index contributed by atoms with van der Waals surface area (Å²) in [6, 6.07) is 15.8. The fraction of sp³-hybridized carbons (Fsp3) is 0.300. The molecule has 0 saturated carbocycles. The molecule has 0 atom stereocenters. The van der Waals surface area contributed by atoms with E-state index in [0.29, 0.717) is 11.4 Å². The number of aryl methyl sites for hydroxylation is 2. The highest BCUT2D eigenvalue weighted by atomic mass is 32.1. The molecule has 0 unspecified atom stereocenters. The number of nitrogens with zero attached hydrogens (tertiary/aromatic N) is 1. The Balaban J connectivity index is 2.52. The summed E-state index contributed by atoms with van der Waals surface area (Å²) < 4.78 is 0. The molecular weight excluding hydrogens is 318 g/mol. The molecule has 0 aliphatic heterocycles. The van der Waals surface area contributed by atoms with E-state index in [4.69, 9.17) is 12.2 Å². The van der Waals surface area contributed by atoms with Crippen molar-refractivity contribution in [3.05, 3.63) is 65.2 Å². The topological polar surface area (TPSA) is 40.5 Å². The highest BCUT2D eigenvalue weighted by Gasteiger charge is 2.38. The van der Waals surface area contributed by atoms with Crippen LogP contribution in [-0.2, 0) is 11.2 Å². The summed E-state index contributed by atoms with van der Waals surface area (Å²) in [7, 11) is 0. The third kappa shape index (κ3) is 3.65. The lowest BCUT2D eigenvalue weighted by Gasteiger charge is -2.39. The van der Waals surface area contributed by atoms with Gasteiger partial charge < -0.3 is 10.0 Å². The quantitative estimate of drug-likeness (QED) is 0.811. The van der Waals surface area contributed by atoms with Crippen LogP contribution in [0.3, 0.4) is 0 Å². The van der Waals surface area contributed by atoms with Gasteiger partial charge in [0.1, 0.15) is 5.54 Å². The molecule has 0 aliphatic rings. The Kier molecular flexibility index (Phi) is 5.40. The largest absolute Gasteiger partial charge is 0.480 e. The number of rotatable bonds is 5. The maximum absolute atomic E-state index is 11.9. The normalized spacial score (nSPS) is 11.2. The van der Waals surface area contributed by atoms with Gasteiger partial charge in [-0.3, -0.25) is 0 Å². The van der Waals surface area contributed by atoms with E-state index < -0.39 is 11.5 Å². The first-order valence-corrected chi connectivity index (χ1v) is 8.32. The third-order valence-electron chi connectivity index (χ3n) is 4.19. The van der Waals surface area contributed by atoms with Gasteiger partial charge in [-0.25, -0.2) is 4.79 Å². The number of thiocarbonyl (C=S) groups is 1. The van der Waals surface area contributed by atoms with Crippen molar-refractivity contribution in [2.45, 2.75) is 39.7 Å². The molecule has 0 fully saturated rings. The second-order valence-electron chi connectivity index (χ2n) is 6.50. The zero-order valence-electron chi connectivity index (χ0n) is 14.5. The van der Waals surface area contributed by atoms with Crippen LogP contribution in [0.1, 0.15) is 30.5 Å². The standard InChI is InChI=1S/C20H23NO2S/c1-14-9-8-10-15(2)18(14)21(20(3,4)19(22)23)17(24)13-16-11-6-5-7-12-16/h5-12H,13H2,1-4H3,(H,22,23). The zero-order valence-corrected chi connectivity index (χ0v) is 15.4. The molecule has 3 nitrogen and oxygen atoms in total. The first-order valence-electron chi connectivity index (χ1n) is 7.91. The predicted octanol–water partition coefficient (Wildman–Crippen LogP) is 4.54. The number of anilines is 1. The van der Waals surface area contributed by atoms with Crippen LogP contribution in [0.4, 0.5) is 5.69 Å². The lowest BCUT2D eigenvalue weighted by molar-refractivity contribution is -0.141.